The molecule has 1 fully saturated rings. The van der Waals surface area contributed by atoms with E-state index in [1.54, 1.807) is 0 Å². The first-order valence-electron chi connectivity index (χ1n) is 10.4. The maximum absolute atomic E-state index is 12.6. The van der Waals surface area contributed by atoms with Crippen molar-refractivity contribution in [1.82, 2.24) is 5.32 Å². The van der Waals surface area contributed by atoms with Crippen LogP contribution in [0, 0.1) is 13.8 Å². The molecule has 4 heteroatoms. The van der Waals surface area contributed by atoms with Gasteiger partial charge in [0.2, 0.25) is 0 Å². The van der Waals surface area contributed by atoms with Crippen LogP contribution in [0.5, 0.6) is 5.75 Å². The van der Waals surface area contributed by atoms with Gasteiger partial charge in [-0.05, 0) is 80.5 Å². The Kier molecular flexibility index (Phi) is 6.96. The highest BCUT2D eigenvalue weighted by Gasteiger charge is 2.18. The number of rotatable bonds is 7. The summed E-state index contributed by atoms with van der Waals surface area (Å²) >= 11 is 0. The van der Waals surface area contributed by atoms with Crippen molar-refractivity contribution in [1.29, 1.82) is 0 Å². The monoisotopic (exact) mass is 380 g/mol. The largest absolute Gasteiger partial charge is 0.481 e. The molecule has 0 radical (unpaired) electrons. The van der Waals surface area contributed by atoms with Crippen molar-refractivity contribution in [2.24, 2.45) is 0 Å². The lowest BCUT2D eigenvalue weighted by molar-refractivity contribution is -0.128. The van der Waals surface area contributed by atoms with E-state index >= 15 is 0 Å². The summed E-state index contributed by atoms with van der Waals surface area (Å²) in [6.07, 6.45) is 4.04. The SMILES string of the molecule is CC[C@@H](Oc1ccc(C)c(C)c1)C(=O)NCc1ccc(N2CCCCC2)cc1. The molecule has 0 aromatic heterocycles. The lowest BCUT2D eigenvalue weighted by Crippen LogP contribution is -2.37. The maximum Gasteiger partial charge on any atom is 0.261 e. The number of ether oxygens (including phenoxy) is 1. The van der Waals surface area contributed by atoms with E-state index in [-0.39, 0.29) is 5.91 Å². The number of nitrogens with one attached hydrogen (secondary N) is 1. The van der Waals surface area contributed by atoms with E-state index in [1.165, 1.54) is 36.1 Å². The second-order valence-corrected chi connectivity index (χ2v) is 7.69. The second-order valence-electron chi connectivity index (χ2n) is 7.69. The molecule has 1 heterocycles. The summed E-state index contributed by atoms with van der Waals surface area (Å²) in [4.78, 5) is 15.0. The van der Waals surface area contributed by atoms with Gasteiger partial charge in [0.05, 0.1) is 0 Å². The molecule has 150 valence electrons. The van der Waals surface area contributed by atoms with Crippen LogP contribution in [-0.2, 0) is 11.3 Å². The molecule has 1 aliphatic heterocycles. The van der Waals surface area contributed by atoms with Gasteiger partial charge in [0.1, 0.15) is 5.75 Å². The summed E-state index contributed by atoms with van der Waals surface area (Å²) in [6.45, 7) is 8.90. The molecule has 1 N–H and O–H groups in total. The fourth-order valence-corrected chi connectivity index (χ4v) is 3.55. The van der Waals surface area contributed by atoms with Crippen LogP contribution < -0.4 is 15.0 Å². The van der Waals surface area contributed by atoms with Gasteiger partial charge in [0.15, 0.2) is 6.10 Å². The van der Waals surface area contributed by atoms with Gasteiger partial charge in [-0.1, -0.05) is 25.1 Å². The zero-order valence-corrected chi connectivity index (χ0v) is 17.3. The third kappa shape index (κ3) is 5.28. The molecule has 1 amide bonds. The fourth-order valence-electron chi connectivity index (χ4n) is 3.55. The second kappa shape index (κ2) is 9.63. The quantitative estimate of drug-likeness (QED) is 0.752. The minimum absolute atomic E-state index is 0.0687. The van der Waals surface area contributed by atoms with E-state index < -0.39 is 6.10 Å². The maximum atomic E-state index is 12.6. The van der Waals surface area contributed by atoms with Crippen LogP contribution in [-0.4, -0.2) is 25.1 Å². The first-order chi connectivity index (χ1) is 13.6. The average molecular weight is 381 g/mol. The minimum Gasteiger partial charge on any atom is -0.481 e. The molecule has 1 saturated heterocycles. The molecule has 2 aromatic rings. The number of hydrogen-bond donors (Lipinski definition) is 1. The van der Waals surface area contributed by atoms with Crippen LogP contribution in [0.1, 0.15) is 49.3 Å². The Balaban J connectivity index is 1.53. The molecule has 0 saturated carbocycles. The van der Waals surface area contributed by atoms with E-state index in [4.69, 9.17) is 4.74 Å². The molecular weight excluding hydrogens is 348 g/mol. The first kappa shape index (κ1) is 20.2. The molecule has 28 heavy (non-hydrogen) atoms. The number of piperidine rings is 1. The molecule has 0 aliphatic carbocycles. The Labute approximate surface area is 168 Å². The van der Waals surface area contributed by atoms with Gasteiger partial charge in [-0.2, -0.15) is 0 Å². The lowest BCUT2D eigenvalue weighted by Gasteiger charge is -2.28. The molecule has 0 spiro atoms. The Hall–Kier alpha value is -2.49. The number of anilines is 1. The standard InChI is InChI=1S/C24H32N2O2/c1-4-23(28-22-13-8-18(2)19(3)16-22)24(27)25-17-20-9-11-21(12-10-20)26-14-6-5-7-15-26/h8-13,16,23H,4-7,14-15,17H2,1-3H3,(H,25,27)/t23-/m1/s1. The number of benzene rings is 2. The van der Waals surface area contributed by atoms with Crippen LogP contribution in [0.2, 0.25) is 0 Å². The van der Waals surface area contributed by atoms with Crippen LogP contribution in [0.25, 0.3) is 0 Å². The van der Waals surface area contributed by atoms with Crippen molar-refractivity contribution in [3.63, 3.8) is 0 Å². The van der Waals surface area contributed by atoms with Crippen LogP contribution >= 0.6 is 0 Å². The van der Waals surface area contributed by atoms with E-state index in [0.717, 1.165) is 24.4 Å². The molecule has 0 bridgehead atoms. The molecular formula is C24H32N2O2. The van der Waals surface area contributed by atoms with Crippen molar-refractivity contribution in [2.45, 2.75) is 59.1 Å². The number of nitrogens with zero attached hydrogens (tertiary/aromatic N) is 1. The predicted molar refractivity (Wildman–Crippen MR) is 115 cm³/mol. The fraction of sp³-hybridized carbons (Fsp3) is 0.458. The van der Waals surface area contributed by atoms with Gasteiger partial charge in [0.25, 0.3) is 5.91 Å². The topological polar surface area (TPSA) is 41.6 Å². The number of amides is 1. The van der Waals surface area contributed by atoms with Crippen molar-refractivity contribution >= 4 is 11.6 Å². The van der Waals surface area contributed by atoms with Gasteiger partial charge >= 0.3 is 0 Å². The summed E-state index contributed by atoms with van der Waals surface area (Å²) in [7, 11) is 0. The Morgan fingerprint density at radius 3 is 2.39 bits per heavy atom. The minimum atomic E-state index is -0.477. The zero-order valence-electron chi connectivity index (χ0n) is 17.3. The summed E-state index contributed by atoms with van der Waals surface area (Å²) in [6, 6.07) is 14.5. The van der Waals surface area contributed by atoms with Crippen LogP contribution in [0.15, 0.2) is 42.5 Å². The highest BCUT2D eigenvalue weighted by Crippen LogP contribution is 2.21. The lowest BCUT2D eigenvalue weighted by atomic mass is 10.1. The Bertz CT molecular complexity index is 780. The van der Waals surface area contributed by atoms with Gasteiger partial charge in [-0.15, -0.1) is 0 Å². The van der Waals surface area contributed by atoms with Gasteiger partial charge < -0.3 is 15.0 Å². The highest BCUT2D eigenvalue weighted by atomic mass is 16.5. The molecule has 3 rings (SSSR count). The normalized spacial score (nSPS) is 15.2. The average Bonchev–Trinajstić information content (AvgIpc) is 2.73. The predicted octanol–water partition coefficient (Wildman–Crippen LogP) is 4.77. The van der Waals surface area contributed by atoms with Crippen molar-refractivity contribution in [2.75, 3.05) is 18.0 Å². The number of carbonyl (C=O) groups excluding carboxylic acids is 1. The summed E-state index contributed by atoms with van der Waals surface area (Å²) in [5, 5.41) is 3.02. The van der Waals surface area contributed by atoms with Crippen molar-refractivity contribution in [3.05, 3.63) is 59.2 Å². The molecule has 0 unspecified atom stereocenters. The zero-order chi connectivity index (χ0) is 19.9. The van der Waals surface area contributed by atoms with Gasteiger partial charge in [0, 0.05) is 25.3 Å². The third-order valence-electron chi connectivity index (χ3n) is 5.54. The number of carbonyl (C=O) groups is 1. The van der Waals surface area contributed by atoms with E-state index in [9.17, 15) is 4.79 Å². The Morgan fingerprint density at radius 1 is 1.04 bits per heavy atom. The highest BCUT2D eigenvalue weighted by molar-refractivity contribution is 5.81. The van der Waals surface area contributed by atoms with Crippen molar-refractivity contribution in [3.8, 4) is 5.75 Å². The number of hydrogen-bond acceptors (Lipinski definition) is 3. The van der Waals surface area contributed by atoms with Crippen LogP contribution in [0.4, 0.5) is 5.69 Å². The van der Waals surface area contributed by atoms with E-state index in [1.807, 2.05) is 25.1 Å². The van der Waals surface area contributed by atoms with E-state index in [0.29, 0.717) is 13.0 Å². The van der Waals surface area contributed by atoms with Gasteiger partial charge in [-0.3, -0.25) is 4.79 Å². The third-order valence-corrected chi connectivity index (χ3v) is 5.54. The van der Waals surface area contributed by atoms with Gasteiger partial charge in [-0.25, -0.2) is 0 Å². The van der Waals surface area contributed by atoms with Crippen molar-refractivity contribution < 1.29 is 9.53 Å². The molecule has 1 aliphatic rings. The smallest absolute Gasteiger partial charge is 0.261 e. The van der Waals surface area contributed by atoms with E-state index in [2.05, 4.69) is 48.3 Å². The van der Waals surface area contributed by atoms with Crippen LogP contribution in [0.3, 0.4) is 0 Å². The summed E-state index contributed by atoms with van der Waals surface area (Å²) in [5.74, 6) is 0.678. The number of aryl methyl sites for hydroxylation is 2. The molecule has 4 nitrogen and oxygen atoms in total. The molecule has 2 aromatic carbocycles. The Morgan fingerprint density at radius 2 is 1.75 bits per heavy atom. The first-order valence-corrected chi connectivity index (χ1v) is 10.4. The molecule has 1 atom stereocenters. The summed E-state index contributed by atoms with van der Waals surface area (Å²) < 4.78 is 5.93. The summed E-state index contributed by atoms with van der Waals surface area (Å²) in [5.41, 5.74) is 4.77.